The normalized spacial score (nSPS) is 11.9. The van der Waals surface area contributed by atoms with Crippen LogP contribution in [0.5, 0.6) is 0 Å². The van der Waals surface area contributed by atoms with Crippen molar-refractivity contribution in [2.45, 2.75) is 56.5 Å². The van der Waals surface area contributed by atoms with Crippen LogP contribution in [0.1, 0.15) is 36.4 Å². The Morgan fingerprint density at radius 3 is 2.42 bits per heavy atom. The lowest BCUT2D eigenvalue weighted by atomic mass is 10.1. The molecule has 0 atom stereocenters. The van der Waals surface area contributed by atoms with Crippen LogP contribution in [-0.4, -0.2) is 45.7 Å². The third kappa shape index (κ3) is 5.55. The lowest BCUT2D eigenvalue weighted by Crippen LogP contribution is -2.30. The molecule has 0 aliphatic heterocycles. The lowest BCUT2D eigenvalue weighted by molar-refractivity contribution is 0.392. The van der Waals surface area contributed by atoms with Gasteiger partial charge in [-0.15, -0.1) is 10.2 Å². The van der Waals surface area contributed by atoms with Gasteiger partial charge in [-0.25, -0.2) is 8.42 Å². The average molecular weight is 526 g/mol. The molecule has 0 spiro atoms. The van der Waals surface area contributed by atoms with Crippen LogP contribution in [0.2, 0.25) is 0 Å². The summed E-state index contributed by atoms with van der Waals surface area (Å²) in [6.45, 7) is 9.01. The Bertz CT molecular complexity index is 1390. The van der Waals surface area contributed by atoms with Crippen molar-refractivity contribution in [1.82, 2.24) is 24.2 Å². The van der Waals surface area contributed by atoms with Crippen LogP contribution in [0.15, 0.2) is 69.2 Å². The maximum absolute atomic E-state index is 13.1. The van der Waals surface area contributed by atoms with Gasteiger partial charge in [0, 0.05) is 36.5 Å². The number of hydrogen-bond donors (Lipinski definition) is 0. The van der Waals surface area contributed by atoms with Gasteiger partial charge in [0.15, 0.2) is 11.0 Å². The fraction of sp³-hybridized carbons (Fsp3) is 0.346. The summed E-state index contributed by atoms with van der Waals surface area (Å²) in [5.74, 6) is 2.09. The Labute approximate surface area is 216 Å². The number of aromatic nitrogens is 4. The van der Waals surface area contributed by atoms with E-state index in [1.807, 2.05) is 52.0 Å². The molecule has 0 saturated heterocycles. The van der Waals surface area contributed by atoms with Crippen LogP contribution in [0.25, 0.3) is 11.4 Å². The van der Waals surface area contributed by atoms with Crippen LogP contribution in [0.3, 0.4) is 0 Å². The number of nitrogens with zero attached hydrogens (tertiary/aromatic N) is 5. The minimum absolute atomic E-state index is 0.256. The van der Waals surface area contributed by atoms with Gasteiger partial charge in [0.1, 0.15) is 5.76 Å². The van der Waals surface area contributed by atoms with Gasteiger partial charge in [0.05, 0.1) is 10.6 Å². The van der Waals surface area contributed by atoms with E-state index in [0.717, 1.165) is 28.6 Å². The number of hydrogen-bond acceptors (Lipinski definition) is 7. The van der Waals surface area contributed by atoms with Crippen molar-refractivity contribution >= 4 is 21.8 Å². The highest BCUT2D eigenvalue weighted by Crippen LogP contribution is 2.30. The molecule has 0 amide bonds. The summed E-state index contributed by atoms with van der Waals surface area (Å²) in [7, 11) is -3.59. The SMILES string of the molecule is CCN(CC)S(=O)(=O)c1cccc(-c2nnc(SCc3c(C)noc3C)n2CCc2ccccc2)c1. The van der Waals surface area contributed by atoms with Crippen LogP contribution >= 0.6 is 11.8 Å². The Hall–Kier alpha value is -2.95. The van der Waals surface area contributed by atoms with Crippen molar-refractivity contribution in [3.05, 3.63) is 77.2 Å². The Balaban J connectivity index is 1.69. The van der Waals surface area contributed by atoms with Crippen molar-refractivity contribution in [1.29, 1.82) is 0 Å². The van der Waals surface area contributed by atoms with Gasteiger partial charge >= 0.3 is 0 Å². The standard InChI is InChI=1S/C26H31N5O3S2/c1-5-30(6-2)36(32,33)23-14-10-13-22(17-23)25-27-28-26(35-18-24-19(3)29-34-20(24)4)31(25)16-15-21-11-8-7-9-12-21/h7-14,17H,5-6,15-16,18H2,1-4H3. The molecule has 4 aromatic rings. The molecule has 0 unspecified atom stereocenters. The molecule has 0 radical (unpaired) electrons. The first-order chi connectivity index (χ1) is 17.3. The molecular formula is C26H31N5O3S2. The van der Waals surface area contributed by atoms with Gasteiger partial charge < -0.3 is 9.09 Å². The Morgan fingerprint density at radius 2 is 1.75 bits per heavy atom. The molecule has 0 aliphatic rings. The molecule has 0 aliphatic carbocycles. The van der Waals surface area contributed by atoms with E-state index in [1.54, 1.807) is 30.0 Å². The van der Waals surface area contributed by atoms with Crippen molar-refractivity contribution < 1.29 is 12.9 Å². The van der Waals surface area contributed by atoms with Gasteiger partial charge in [0.2, 0.25) is 10.0 Å². The van der Waals surface area contributed by atoms with E-state index >= 15 is 0 Å². The fourth-order valence-electron chi connectivity index (χ4n) is 4.05. The number of benzene rings is 2. The monoisotopic (exact) mass is 525 g/mol. The third-order valence-electron chi connectivity index (χ3n) is 6.15. The minimum Gasteiger partial charge on any atom is -0.361 e. The van der Waals surface area contributed by atoms with E-state index < -0.39 is 10.0 Å². The molecule has 2 heterocycles. The average Bonchev–Trinajstić information content (AvgIpc) is 3.44. The zero-order valence-electron chi connectivity index (χ0n) is 21.0. The third-order valence-corrected chi connectivity index (χ3v) is 9.19. The van der Waals surface area contributed by atoms with E-state index in [2.05, 4.69) is 32.1 Å². The lowest BCUT2D eigenvalue weighted by Gasteiger charge is -2.19. The van der Waals surface area contributed by atoms with Gasteiger partial charge in [-0.1, -0.05) is 73.2 Å². The van der Waals surface area contributed by atoms with Crippen molar-refractivity contribution in [2.24, 2.45) is 0 Å². The highest BCUT2D eigenvalue weighted by atomic mass is 32.2. The summed E-state index contributed by atoms with van der Waals surface area (Å²) >= 11 is 1.57. The highest BCUT2D eigenvalue weighted by Gasteiger charge is 2.23. The molecule has 0 saturated carbocycles. The van der Waals surface area contributed by atoms with Gasteiger partial charge in [0.25, 0.3) is 0 Å². The van der Waals surface area contributed by atoms with E-state index in [1.165, 1.54) is 9.87 Å². The molecule has 2 aromatic heterocycles. The summed E-state index contributed by atoms with van der Waals surface area (Å²) < 4.78 is 35.1. The second-order valence-electron chi connectivity index (χ2n) is 8.40. The quantitative estimate of drug-likeness (QED) is 0.251. The van der Waals surface area contributed by atoms with Crippen LogP contribution in [0.4, 0.5) is 0 Å². The Morgan fingerprint density at radius 1 is 1.00 bits per heavy atom. The topological polar surface area (TPSA) is 94.1 Å². The van der Waals surface area contributed by atoms with Crippen molar-refractivity contribution in [3.63, 3.8) is 0 Å². The molecule has 10 heteroatoms. The Kier molecular flexibility index (Phi) is 8.28. The number of rotatable bonds is 11. The number of sulfonamides is 1. The highest BCUT2D eigenvalue weighted by molar-refractivity contribution is 7.98. The zero-order valence-corrected chi connectivity index (χ0v) is 22.6. The van der Waals surface area contributed by atoms with Crippen LogP contribution in [0, 0.1) is 13.8 Å². The molecule has 190 valence electrons. The predicted molar refractivity (Wildman–Crippen MR) is 141 cm³/mol. The minimum atomic E-state index is -3.59. The fourth-order valence-corrected chi connectivity index (χ4v) is 6.67. The first-order valence-electron chi connectivity index (χ1n) is 12.0. The molecule has 4 rings (SSSR count). The first-order valence-corrected chi connectivity index (χ1v) is 14.4. The predicted octanol–water partition coefficient (Wildman–Crippen LogP) is 5.12. The second kappa shape index (κ2) is 11.4. The van der Waals surface area contributed by atoms with Gasteiger partial charge in [-0.05, 0) is 38.0 Å². The summed E-state index contributed by atoms with van der Waals surface area (Å²) in [4.78, 5) is 0.256. The van der Waals surface area contributed by atoms with Crippen LogP contribution < -0.4 is 0 Å². The molecule has 0 fully saturated rings. The van der Waals surface area contributed by atoms with Gasteiger partial charge in [-0.3, -0.25) is 0 Å². The van der Waals surface area contributed by atoms with E-state index in [9.17, 15) is 8.42 Å². The smallest absolute Gasteiger partial charge is 0.243 e. The summed E-state index contributed by atoms with van der Waals surface area (Å²) in [5.41, 5.74) is 3.83. The van der Waals surface area contributed by atoms with Crippen molar-refractivity contribution in [3.8, 4) is 11.4 Å². The van der Waals surface area contributed by atoms with E-state index in [-0.39, 0.29) is 4.90 Å². The molecular weight excluding hydrogens is 494 g/mol. The summed E-state index contributed by atoms with van der Waals surface area (Å²) in [6, 6.07) is 17.2. The maximum atomic E-state index is 13.1. The molecule has 2 aromatic carbocycles. The summed E-state index contributed by atoms with van der Waals surface area (Å²) in [5, 5.41) is 13.8. The number of thioether (sulfide) groups is 1. The van der Waals surface area contributed by atoms with Crippen molar-refractivity contribution in [2.75, 3.05) is 13.1 Å². The maximum Gasteiger partial charge on any atom is 0.243 e. The van der Waals surface area contributed by atoms with E-state index in [4.69, 9.17) is 4.52 Å². The number of aryl methyl sites for hydroxylation is 3. The summed E-state index contributed by atoms with van der Waals surface area (Å²) in [6.07, 6.45) is 0.794. The molecule has 36 heavy (non-hydrogen) atoms. The molecule has 8 nitrogen and oxygen atoms in total. The van der Waals surface area contributed by atoms with E-state index in [0.29, 0.717) is 36.8 Å². The van der Waals surface area contributed by atoms with Crippen LogP contribution in [-0.2, 0) is 28.7 Å². The zero-order chi connectivity index (χ0) is 25.7. The second-order valence-corrected chi connectivity index (χ2v) is 11.3. The molecule has 0 N–H and O–H groups in total. The molecule has 0 bridgehead atoms. The van der Waals surface area contributed by atoms with Gasteiger partial charge in [-0.2, -0.15) is 4.31 Å². The first kappa shape index (κ1) is 26.1. The largest absolute Gasteiger partial charge is 0.361 e.